The maximum absolute atomic E-state index is 13.2. The zero-order chi connectivity index (χ0) is 23.3. The lowest BCUT2D eigenvalue weighted by Gasteiger charge is -2.36. The Morgan fingerprint density at radius 1 is 1.03 bits per heavy atom. The maximum atomic E-state index is 13.2. The largest absolute Gasteiger partial charge is 0.444 e. The van der Waals surface area contributed by atoms with E-state index in [0.29, 0.717) is 44.2 Å². The van der Waals surface area contributed by atoms with Gasteiger partial charge in [0.05, 0.1) is 5.56 Å². The van der Waals surface area contributed by atoms with Crippen LogP contribution >= 0.6 is 0 Å². The predicted octanol–water partition coefficient (Wildman–Crippen LogP) is 4.44. The van der Waals surface area contributed by atoms with Crippen molar-refractivity contribution in [1.29, 1.82) is 0 Å². The Morgan fingerprint density at radius 3 is 2.22 bits per heavy atom. The van der Waals surface area contributed by atoms with Gasteiger partial charge in [-0.3, -0.25) is 4.79 Å². The van der Waals surface area contributed by atoms with Crippen LogP contribution in [0, 0.1) is 5.92 Å². The van der Waals surface area contributed by atoms with Crippen molar-refractivity contribution >= 4 is 23.5 Å². The molecule has 0 aliphatic carbocycles. The lowest BCUT2D eigenvalue weighted by Crippen LogP contribution is -2.50. The van der Waals surface area contributed by atoms with Gasteiger partial charge in [0.25, 0.3) is 5.91 Å². The number of anilines is 2. The first kappa shape index (κ1) is 23.6. The van der Waals surface area contributed by atoms with E-state index in [9.17, 15) is 9.59 Å². The van der Waals surface area contributed by atoms with Gasteiger partial charge in [-0.25, -0.2) is 9.78 Å². The molecule has 0 unspecified atom stereocenters. The minimum absolute atomic E-state index is 0.0568. The minimum atomic E-state index is -0.499. The van der Waals surface area contributed by atoms with Gasteiger partial charge >= 0.3 is 6.09 Å². The third-order valence-electron chi connectivity index (χ3n) is 5.11. The van der Waals surface area contributed by atoms with Crippen LogP contribution < -0.4 is 9.80 Å². The van der Waals surface area contributed by atoms with Crippen LogP contribution in [0.1, 0.15) is 45.0 Å². The monoisotopic (exact) mass is 438 g/mol. The molecule has 0 spiro atoms. The first-order valence-corrected chi connectivity index (χ1v) is 11.2. The molecule has 1 aliphatic heterocycles. The molecule has 3 rings (SSSR count). The number of nitrogens with zero attached hydrogens (tertiary/aromatic N) is 4. The molecule has 7 heteroatoms. The molecule has 2 aromatic rings. The topological polar surface area (TPSA) is 66.0 Å². The molecule has 0 radical (unpaired) electrons. The Hall–Kier alpha value is -3.09. The van der Waals surface area contributed by atoms with Crippen LogP contribution in [-0.2, 0) is 4.74 Å². The molecule has 172 valence electrons. The van der Waals surface area contributed by atoms with Crippen LogP contribution in [-0.4, -0.2) is 60.2 Å². The second-order valence-electron chi connectivity index (χ2n) is 9.50. The summed E-state index contributed by atoms with van der Waals surface area (Å²) < 4.78 is 5.46. The van der Waals surface area contributed by atoms with Gasteiger partial charge in [-0.15, -0.1) is 0 Å². The Morgan fingerprint density at radius 2 is 1.69 bits per heavy atom. The second-order valence-corrected chi connectivity index (χ2v) is 9.50. The molecule has 0 N–H and O–H groups in total. The molecule has 7 nitrogen and oxygen atoms in total. The average Bonchev–Trinajstić information content (AvgIpc) is 2.76. The Labute approximate surface area is 191 Å². The minimum Gasteiger partial charge on any atom is -0.444 e. The molecule has 0 atom stereocenters. The van der Waals surface area contributed by atoms with E-state index in [1.165, 1.54) is 0 Å². The van der Waals surface area contributed by atoms with Crippen molar-refractivity contribution in [1.82, 2.24) is 9.88 Å². The molecule has 1 aliphatic rings. The van der Waals surface area contributed by atoms with E-state index in [0.717, 1.165) is 11.5 Å². The summed E-state index contributed by atoms with van der Waals surface area (Å²) >= 11 is 0. The van der Waals surface area contributed by atoms with E-state index < -0.39 is 5.60 Å². The van der Waals surface area contributed by atoms with Crippen LogP contribution in [0.15, 0.2) is 48.7 Å². The summed E-state index contributed by atoms with van der Waals surface area (Å²) in [6, 6.07) is 13.4. The molecule has 1 aromatic heterocycles. The number of pyridine rings is 1. The molecule has 1 saturated heterocycles. The van der Waals surface area contributed by atoms with Crippen molar-refractivity contribution < 1.29 is 14.3 Å². The summed E-state index contributed by atoms with van der Waals surface area (Å²) in [4.78, 5) is 35.7. The molecule has 1 fully saturated rings. The van der Waals surface area contributed by atoms with E-state index in [1.54, 1.807) is 16.0 Å². The van der Waals surface area contributed by atoms with E-state index in [-0.39, 0.29) is 12.0 Å². The number of carbonyl (C=O) groups is 2. The molecule has 2 amide bonds. The standard InChI is InChI=1S/C25H34N4O3/c1-19(2)18-29(21-9-7-6-8-10-21)23(30)20-11-12-22(26-17-20)27-13-15-28(16-14-27)24(31)32-25(3,4)5/h6-12,17,19H,13-16,18H2,1-5H3. The molecule has 0 saturated carbocycles. The highest BCUT2D eigenvalue weighted by molar-refractivity contribution is 6.06. The highest BCUT2D eigenvalue weighted by atomic mass is 16.6. The van der Waals surface area contributed by atoms with Gasteiger partial charge in [0.2, 0.25) is 0 Å². The van der Waals surface area contributed by atoms with Gasteiger partial charge in [0, 0.05) is 44.6 Å². The SMILES string of the molecule is CC(C)CN(C(=O)c1ccc(N2CCN(C(=O)OC(C)(C)C)CC2)nc1)c1ccccc1. The number of hydrogen-bond donors (Lipinski definition) is 0. The third-order valence-corrected chi connectivity index (χ3v) is 5.11. The van der Waals surface area contributed by atoms with Crippen LogP contribution in [0.2, 0.25) is 0 Å². The van der Waals surface area contributed by atoms with Crippen LogP contribution in [0.5, 0.6) is 0 Å². The fourth-order valence-corrected chi connectivity index (χ4v) is 3.58. The summed E-state index contributed by atoms with van der Waals surface area (Å²) in [6.07, 6.45) is 1.37. The highest BCUT2D eigenvalue weighted by Gasteiger charge is 2.26. The van der Waals surface area contributed by atoms with Crippen molar-refractivity contribution in [3.05, 3.63) is 54.2 Å². The first-order chi connectivity index (χ1) is 15.1. The normalized spacial score (nSPS) is 14.4. The number of aromatic nitrogens is 1. The lowest BCUT2D eigenvalue weighted by molar-refractivity contribution is 0.0240. The van der Waals surface area contributed by atoms with Gasteiger partial charge in [0.15, 0.2) is 0 Å². The third kappa shape index (κ3) is 6.22. The summed E-state index contributed by atoms with van der Waals surface area (Å²) in [5, 5.41) is 0. The van der Waals surface area contributed by atoms with Gasteiger partial charge in [-0.2, -0.15) is 0 Å². The van der Waals surface area contributed by atoms with Crippen LogP contribution in [0.25, 0.3) is 0 Å². The van der Waals surface area contributed by atoms with E-state index >= 15 is 0 Å². The summed E-state index contributed by atoms with van der Waals surface area (Å²) in [7, 11) is 0. The smallest absolute Gasteiger partial charge is 0.410 e. The van der Waals surface area contributed by atoms with Crippen molar-refractivity contribution in [3.8, 4) is 0 Å². The summed E-state index contributed by atoms with van der Waals surface area (Å²) in [6.45, 7) is 12.9. The number of rotatable bonds is 5. The summed E-state index contributed by atoms with van der Waals surface area (Å²) in [5.41, 5.74) is 0.945. The van der Waals surface area contributed by atoms with Crippen molar-refractivity contribution in [2.45, 2.75) is 40.2 Å². The zero-order valence-electron chi connectivity index (χ0n) is 19.7. The van der Waals surface area contributed by atoms with Crippen molar-refractivity contribution in [3.63, 3.8) is 0 Å². The first-order valence-electron chi connectivity index (χ1n) is 11.2. The second kappa shape index (κ2) is 10.0. The number of amides is 2. The molecule has 0 bridgehead atoms. The number of carbonyl (C=O) groups excluding carboxylic acids is 2. The average molecular weight is 439 g/mol. The van der Waals surface area contributed by atoms with E-state index in [1.807, 2.05) is 63.2 Å². The number of ether oxygens (including phenoxy) is 1. The van der Waals surface area contributed by atoms with Crippen LogP contribution in [0.3, 0.4) is 0 Å². The maximum Gasteiger partial charge on any atom is 0.410 e. The number of piperazine rings is 1. The Bertz CT molecular complexity index is 899. The number of para-hydroxylation sites is 1. The molecular formula is C25H34N4O3. The molecule has 2 heterocycles. The molecule has 1 aromatic carbocycles. The highest BCUT2D eigenvalue weighted by Crippen LogP contribution is 2.21. The van der Waals surface area contributed by atoms with Crippen LogP contribution in [0.4, 0.5) is 16.3 Å². The molecular weight excluding hydrogens is 404 g/mol. The quantitative estimate of drug-likeness (QED) is 0.690. The van der Waals surface area contributed by atoms with Crippen molar-refractivity contribution in [2.75, 3.05) is 42.5 Å². The van der Waals surface area contributed by atoms with Gasteiger partial charge < -0.3 is 19.4 Å². The summed E-state index contributed by atoms with van der Waals surface area (Å²) in [5.74, 6) is 1.09. The van der Waals surface area contributed by atoms with Crippen molar-refractivity contribution in [2.24, 2.45) is 5.92 Å². The number of benzene rings is 1. The Kier molecular flexibility index (Phi) is 7.38. The van der Waals surface area contributed by atoms with Gasteiger partial charge in [-0.05, 0) is 51.0 Å². The molecule has 32 heavy (non-hydrogen) atoms. The fourth-order valence-electron chi connectivity index (χ4n) is 3.58. The lowest BCUT2D eigenvalue weighted by atomic mass is 10.1. The predicted molar refractivity (Wildman–Crippen MR) is 127 cm³/mol. The van der Waals surface area contributed by atoms with Gasteiger partial charge in [0.1, 0.15) is 11.4 Å². The van der Waals surface area contributed by atoms with E-state index in [4.69, 9.17) is 4.74 Å². The Balaban J connectivity index is 1.64. The number of hydrogen-bond acceptors (Lipinski definition) is 5. The fraction of sp³-hybridized carbons (Fsp3) is 0.480. The van der Waals surface area contributed by atoms with E-state index in [2.05, 4.69) is 23.7 Å². The zero-order valence-corrected chi connectivity index (χ0v) is 19.7. The van der Waals surface area contributed by atoms with Gasteiger partial charge in [-0.1, -0.05) is 32.0 Å².